The summed E-state index contributed by atoms with van der Waals surface area (Å²) in [5.74, 6) is 0.255. The van der Waals surface area contributed by atoms with Crippen LogP contribution < -0.4 is 37.2 Å². The zero-order chi connectivity index (χ0) is 9.10. The average Bonchev–Trinajstić information content (AvgIpc) is 2.76. The number of halogens is 3. The molecule has 0 saturated carbocycles. The quantitative estimate of drug-likeness (QED) is 0.511. The van der Waals surface area contributed by atoms with E-state index in [2.05, 4.69) is 36.5 Å². The molecule has 5 heteroatoms. The summed E-state index contributed by atoms with van der Waals surface area (Å²) in [5.41, 5.74) is 2.69. The van der Waals surface area contributed by atoms with Crippen molar-refractivity contribution in [2.75, 3.05) is 6.61 Å². The fraction of sp³-hybridized carbons (Fsp3) is 0.333. The average molecular weight is 328 g/mol. The third kappa shape index (κ3) is 5.78. The molecule has 0 spiro atoms. The van der Waals surface area contributed by atoms with Gasteiger partial charge in [-0.1, -0.05) is 47.6 Å². The molecule has 0 heterocycles. The van der Waals surface area contributed by atoms with Gasteiger partial charge in [-0.3, -0.25) is 0 Å². The van der Waals surface area contributed by atoms with Crippen LogP contribution in [0.5, 0.6) is 0 Å². The van der Waals surface area contributed by atoms with E-state index in [9.17, 15) is 5.11 Å². The Hall–Kier alpha value is 0.504. The van der Waals surface area contributed by atoms with Crippen LogP contribution in [0.4, 0.5) is 0 Å². The van der Waals surface area contributed by atoms with Crippen molar-refractivity contribution in [2.45, 2.75) is 12.8 Å². The predicted molar refractivity (Wildman–Crippen MR) is 54.3 cm³/mol. The van der Waals surface area contributed by atoms with E-state index in [1.54, 1.807) is 0 Å². The zero-order valence-electron chi connectivity index (χ0n) is 9.24. The molecule has 0 unspecified atom stereocenters. The molecule has 1 N–H and O–H groups in total. The van der Waals surface area contributed by atoms with Crippen LogP contribution in [-0.2, 0) is 21.7 Å². The number of aliphatic hydroxyl groups excluding tert-OH is 1. The molecular formula is C12H14Cl3OTi. The van der Waals surface area contributed by atoms with Crippen LogP contribution in [0.2, 0.25) is 0 Å². The van der Waals surface area contributed by atoms with E-state index in [0.29, 0.717) is 0 Å². The molecule has 0 aromatic rings. The minimum absolute atomic E-state index is 0. The summed E-state index contributed by atoms with van der Waals surface area (Å²) < 4.78 is 0. The Morgan fingerprint density at radius 3 is 1.59 bits per heavy atom. The van der Waals surface area contributed by atoms with Gasteiger partial charge in [0.25, 0.3) is 0 Å². The van der Waals surface area contributed by atoms with Gasteiger partial charge in [-0.2, -0.15) is 0 Å². The number of hydrogen-bond donors (Lipinski definition) is 1. The van der Waals surface area contributed by atoms with Crippen molar-refractivity contribution in [3.8, 4) is 0 Å². The second kappa shape index (κ2) is 11.6. The molecule has 0 saturated heterocycles. The van der Waals surface area contributed by atoms with Gasteiger partial charge in [0.1, 0.15) is 0 Å². The minimum Gasteiger partial charge on any atom is -1.00 e. The van der Waals surface area contributed by atoms with Crippen molar-refractivity contribution in [3.63, 3.8) is 0 Å². The van der Waals surface area contributed by atoms with Crippen molar-refractivity contribution in [1.29, 1.82) is 0 Å². The Morgan fingerprint density at radius 1 is 0.941 bits per heavy atom. The van der Waals surface area contributed by atoms with Crippen molar-refractivity contribution in [1.82, 2.24) is 0 Å². The number of rotatable bonds is 3. The molecule has 2 rings (SSSR count). The van der Waals surface area contributed by atoms with Gasteiger partial charge in [0.05, 0.1) is 6.61 Å². The van der Waals surface area contributed by atoms with E-state index in [-0.39, 0.29) is 71.5 Å². The van der Waals surface area contributed by atoms with Crippen LogP contribution in [0.3, 0.4) is 0 Å². The third-order valence-corrected chi connectivity index (χ3v) is 2.68. The normalized spacial score (nSPS) is 15.2. The van der Waals surface area contributed by atoms with Crippen molar-refractivity contribution in [2.24, 2.45) is 5.92 Å². The molecule has 0 aromatic carbocycles. The molecule has 93 valence electrons. The maximum absolute atomic E-state index is 9.31. The molecule has 17 heavy (non-hydrogen) atoms. The fourth-order valence-corrected chi connectivity index (χ4v) is 1.92. The van der Waals surface area contributed by atoms with Crippen LogP contribution in [-0.4, -0.2) is 11.7 Å². The van der Waals surface area contributed by atoms with E-state index in [1.165, 1.54) is 11.1 Å². The topological polar surface area (TPSA) is 20.2 Å². The van der Waals surface area contributed by atoms with E-state index in [1.807, 2.05) is 0 Å². The molecule has 2 aliphatic carbocycles. The zero-order valence-corrected chi connectivity index (χ0v) is 13.1. The summed E-state index contributed by atoms with van der Waals surface area (Å²) in [4.78, 5) is 0. The Bertz CT molecular complexity index is 292. The molecule has 1 nitrogen and oxygen atoms in total. The smallest absolute Gasteiger partial charge is 1.00 e. The third-order valence-electron chi connectivity index (χ3n) is 2.68. The van der Waals surface area contributed by atoms with Crippen LogP contribution >= 0.6 is 0 Å². The molecule has 0 aromatic heterocycles. The number of hydrogen-bond acceptors (Lipinski definition) is 1. The molecule has 0 atom stereocenters. The van der Waals surface area contributed by atoms with Gasteiger partial charge in [0.15, 0.2) is 0 Å². The second-order valence-corrected chi connectivity index (χ2v) is 3.48. The van der Waals surface area contributed by atoms with Crippen LogP contribution in [0.1, 0.15) is 12.8 Å². The Labute approximate surface area is 136 Å². The summed E-state index contributed by atoms with van der Waals surface area (Å²) in [6.45, 7) is 0.237. The van der Waals surface area contributed by atoms with Crippen molar-refractivity contribution in [3.05, 3.63) is 47.6 Å². The number of aliphatic hydroxyl groups is 1. The first-order valence-corrected chi connectivity index (χ1v) is 4.74. The fourth-order valence-electron chi connectivity index (χ4n) is 1.92. The SMILES string of the molecule is OCC(C1=CC=CC1)C1=CC=CC1.[Cl-].[Cl-].[Cl-].[Ti+3]. The summed E-state index contributed by atoms with van der Waals surface area (Å²) in [6, 6.07) is 0. The number of allylic oxidation sites excluding steroid dienone is 6. The standard InChI is InChI=1S/C12H14O.3ClH.Ti/c13-9-12(10-5-1-2-6-10)11-7-3-4-8-11;;;;/h1-5,7,12-13H,6,8-9H2;3*1H;/q;;;;+3/p-3. The van der Waals surface area contributed by atoms with Crippen LogP contribution in [0.15, 0.2) is 47.6 Å². The van der Waals surface area contributed by atoms with Crippen LogP contribution in [0.25, 0.3) is 0 Å². The molecule has 0 aliphatic heterocycles. The summed E-state index contributed by atoms with van der Waals surface area (Å²) in [5, 5.41) is 9.31. The first-order chi connectivity index (χ1) is 6.42. The largest absolute Gasteiger partial charge is 3.00 e. The summed E-state index contributed by atoms with van der Waals surface area (Å²) >= 11 is 0. The first-order valence-electron chi connectivity index (χ1n) is 4.74. The molecular weight excluding hydrogens is 314 g/mol. The van der Waals surface area contributed by atoms with Gasteiger partial charge < -0.3 is 42.3 Å². The van der Waals surface area contributed by atoms with Gasteiger partial charge in [-0.05, 0) is 12.8 Å². The van der Waals surface area contributed by atoms with Gasteiger partial charge in [0, 0.05) is 5.92 Å². The van der Waals surface area contributed by atoms with Gasteiger partial charge >= 0.3 is 21.7 Å². The Balaban J connectivity index is -0.000000490. The maximum Gasteiger partial charge on any atom is 3.00 e. The monoisotopic (exact) mass is 327 g/mol. The summed E-state index contributed by atoms with van der Waals surface area (Å²) in [7, 11) is 0. The van der Waals surface area contributed by atoms with E-state index < -0.39 is 0 Å². The molecule has 0 fully saturated rings. The minimum atomic E-state index is 0. The Kier molecular flexibility index (Phi) is 15.4. The summed E-state index contributed by atoms with van der Waals surface area (Å²) in [6.07, 6.45) is 14.7. The Morgan fingerprint density at radius 2 is 1.35 bits per heavy atom. The van der Waals surface area contributed by atoms with E-state index >= 15 is 0 Å². The van der Waals surface area contributed by atoms with Gasteiger partial charge in [-0.25, -0.2) is 0 Å². The van der Waals surface area contributed by atoms with Gasteiger partial charge in [0.2, 0.25) is 0 Å². The molecule has 1 radical (unpaired) electrons. The predicted octanol–water partition coefficient (Wildman–Crippen LogP) is -6.62. The van der Waals surface area contributed by atoms with E-state index in [4.69, 9.17) is 0 Å². The van der Waals surface area contributed by atoms with E-state index in [0.717, 1.165) is 12.8 Å². The second-order valence-electron chi connectivity index (χ2n) is 3.48. The molecule has 0 amide bonds. The van der Waals surface area contributed by atoms with Crippen molar-refractivity contribution >= 4 is 0 Å². The molecule has 0 bridgehead atoms. The van der Waals surface area contributed by atoms with Crippen molar-refractivity contribution < 1.29 is 64.0 Å². The maximum atomic E-state index is 9.31. The van der Waals surface area contributed by atoms with Crippen LogP contribution in [0, 0.1) is 5.92 Å². The molecule has 2 aliphatic rings. The van der Waals surface area contributed by atoms with Gasteiger partial charge in [-0.15, -0.1) is 0 Å². The first kappa shape index (κ1) is 22.7.